The van der Waals surface area contributed by atoms with E-state index in [2.05, 4.69) is 19.6 Å². The Morgan fingerprint density at radius 3 is 2.58 bits per heavy atom. The van der Waals surface area contributed by atoms with Gasteiger partial charge in [0.25, 0.3) is 5.91 Å². The Kier molecular flexibility index (Phi) is 5.43. The molecule has 9 heteroatoms. The van der Waals surface area contributed by atoms with Gasteiger partial charge in [-0.15, -0.1) is 5.10 Å². The Bertz CT molecular complexity index is 932. The second-order valence-corrected chi connectivity index (χ2v) is 6.43. The van der Waals surface area contributed by atoms with Crippen LogP contribution in [-0.4, -0.2) is 22.1 Å². The average molecular weight is 396 g/mol. The Morgan fingerprint density at radius 2 is 1.96 bits per heavy atom. The van der Waals surface area contributed by atoms with E-state index in [1.54, 1.807) is 37.3 Å². The van der Waals surface area contributed by atoms with Crippen molar-refractivity contribution in [3.05, 3.63) is 58.1 Å². The lowest BCUT2D eigenvalue weighted by Gasteiger charge is -2.12. The van der Waals surface area contributed by atoms with Gasteiger partial charge in [-0.05, 0) is 54.4 Å². The first kappa shape index (κ1) is 18.2. The summed E-state index contributed by atoms with van der Waals surface area (Å²) in [5, 5.41) is 6.93. The van der Waals surface area contributed by atoms with Gasteiger partial charge in [-0.1, -0.05) is 28.2 Å². The van der Waals surface area contributed by atoms with Crippen LogP contribution in [0.3, 0.4) is 0 Å². The van der Waals surface area contributed by atoms with Crippen LogP contribution in [0.4, 0.5) is 14.5 Å². The summed E-state index contributed by atoms with van der Waals surface area (Å²) >= 11 is 6.98. The van der Waals surface area contributed by atoms with Crippen molar-refractivity contribution in [2.45, 2.75) is 13.5 Å². The van der Waals surface area contributed by atoms with Crippen LogP contribution in [0.1, 0.15) is 15.4 Å². The van der Waals surface area contributed by atoms with Crippen molar-refractivity contribution in [3.8, 4) is 16.9 Å². The van der Waals surface area contributed by atoms with Gasteiger partial charge in [0.1, 0.15) is 10.6 Å². The van der Waals surface area contributed by atoms with E-state index in [4.69, 9.17) is 11.6 Å². The maximum Gasteiger partial charge on any atom is 0.387 e. The zero-order valence-electron chi connectivity index (χ0n) is 13.4. The van der Waals surface area contributed by atoms with Gasteiger partial charge in [0.05, 0.1) is 5.69 Å². The molecule has 0 spiro atoms. The third kappa shape index (κ3) is 4.14. The predicted octanol–water partition coefficient (Wildman–Crippen LogP) is 5.02. The number of alkyl halides is 2. The molecule has 0 aliphatic rings. The summed E-state index contributed by atoms with van der Waals surface area (Å²) in [5.41, 5.74) is 2.15. The molecule has 0 unspecified atom stereocenters. The number of aromatic nitrogens is 2. The molecule has 5 nitrogen and oxygen atoms in total. The number of aryl methyl sites for hydroxylation is 1. The van der Waals surface area contributed by atoms with E-state index in [1.165, 1.54) is 12.1 Å². The van der Waals surface area contributed by atoms with Crippen LogP contribution in [0.5, 0.6) is 5.75 Å². The third-order valence-corrected chi connectivity index (χ3v) is 4.53. The molecule has 3 rings (SSSR count). The fourth-order valence-corrected chi connectivity index (χ4v) is 3.01. The number of carbonyl (C=O) groups is 1. The maximum atomic E-state index is 12.6. The van der Waals surface area contributed by atoms with Gasteiger partial charge >= 0.3 is 6.61 Å². The Labute approximate surface area is 156 Å². The van der Waals surface area contributed by atoms with E-state index in [0.717, 1.165) is 11.5 Å². The van der Waals surface area contributed by atoms with Gasteiger partial charge in [0.2, 0.25) is 0 Å². The molecule has 0 aliphatic carbocycles. The molecule has 3 aromatic rings. The van der Waals surface area contributed by atoms with Gasteiger partial charge in [0.15, 0.2) is 0 Å². The molecule has 0 aliphatic heterocycles. The molecule has 1 aromatic heterocycles. The molecule has 0 radical (unpaired) electrons. The monoisotopic (exact) mass is 395 g/mol. The first-order chi connectivity index (χ1) is 12.4. The van der Waals surface area contributed by atoms with E-state index < -0.39 is 6.61 Å². The highest BCUT2D eigenvalue weighted by Crippen LogP contribution is 2.34. The summed E-state index contributed by atoms with van der Waals surface area (Å²) in [6.45, 7) is -1.24. The van der Waals surface area contributed by atoms with Crippen LogP contribution >= 0.6 is 23.1 Å². The van der Waals surface area contributed by atoms with E-state index in [0.29, 0.717) is 32.4 Å². The van der Waals surface area contributed by atoms with E-state index in [-0.39, 0.29) is 11.7 Å². The molecule has 2 aromatic carbocycles. The molecule has 1 heterocycles. The highest BCUT2D eigenvalue weighted by Gasteiger charge is 2.14. The second kappa shape index (κ2) is 7.76. The summed E-state index contributed by atoms with van der Waals surface area (Å²) in [7, 11) is 0. The van der Waals surface area contributed by atoms with Crippen LogP contribution in [0.25, 0.3) is 11.1 Å². The minimum absolute atomic E-state index is 0.0209. The standard InChI is InChI=1S/C17H12ClF2N3O2S/c1-9-15(26-23-22-9)16(24)21-12-5-2-10(3-6-12)13-8-11(18)4-7-14(13)25-17(19)20/h2-8,17H,1H3,(H,21,24). The van der Waals surface area contributed by atoms with E-state index in [9.17, 15) is 13.6 Å². The van der Waals surface area contributed by atoms with E-state index >= 15 is 0 Å². The molecule has 26 heavy (non-hydrogen) atoms. The van der Waals surface area contributed by atoms with Crippen molar-refractivity contribution in [2.24, 2.45) is 0 Å². The molecule has 1 amide bonds. The number of carbonyl (C=O) groups excluding carboxylic acids is 1. The summed E-state index contributed by atoms with van der Waals surface area (Å²) in [6.07, 6.45) is 0. The van der Waals surface area contributed by atoms with Gasteiger partial charge in [-0.3, -0.25) is 4.79 Å². The van der Waals surface area contributed by atoms with E-state index in [1.807, 2.05) is 0 Å². The molecular weight excluding hydrogens is 384 g/mol. The Morgan fingerprint density at radius 1 is 1.23 bits per heavy atom. The average Bonchev–Trinajstić information content (AvgIpc) is 3.03. The number of rotatable bonds is 5. The van der Waals surface area contributed by atoms with Crippen LogP contribution in [0.2, 0.25) is 5.02 Å². The smallest absolute Gasteiger partial charge is 0.387 e. The number of nitrogens with one attached hydrogen (secondary N) is 1. The number of benzene rings is 2. The Hall–Kier alpha value is -2.58. The molecule has 0 saturated heterocycles. The minimum atomic E-state index is -2.94. The molecule has 0 saturated carbocycles. The van der Waals surface area contributed by atoms with Gasteiger partial charge in [-0.25, -0.2) is 0 Å². The molecule has 1 N–H and O–H groups in total. The second-order valence-electron chi connectivity index (χ2n) is 5.24. The molecule has 0 atom stereocenters. The van der Waals surface area contributed by atoms with Crippen molar-refractivity contribution in [3.63, 3.8) is 0 Å². The lowest BCUT2D eigenvalue weighted by atomic mass is 10.0. The maximum absolute atomic E-state index is 12.6. The lowest BCUT2D eigenvalue weighted by molar-refractivity contribution is -0.0494. The van der Waals surface area contributed by atoms with Gasteiger partial charge < -0.3 is 10.1 Å². The summed E-state index contributed by atoms with van der Waals surface area (Å²) in [4.78, 5) is 12.6. The Balaban J connectivity index is 1.83. The molecular formula is C17H12ClF2N3O2S. The van der Waals surface area contributed by atoms with Crippen LogP contribution < -0.4 is 10.1 Å². The summed E-state index contributed by atoms with van der Waals surface area (Å²) < 4.78 is 33.4. The number of halogens is 3. The van der Waals surface area contributed by atoms with Crippen molar-refractivity contribution < 1.29 is 18.3 Å². The fourth-order valence-electron chi connectivity index (χ4n) is 2.29. The topological polar surface area (TPSA) is 64.1 Å². The molecule has 0 bridgehead atoms. The van der Waals surface area contributed by atoms with Crippen LogP contribution in [0, 0.1) is 6.92 Å². The number of anilines is 1. The number of hydrogen-bond donors (Lipinski definition) is 1. The highest BCUT2D eigenvalue weighted by molar-refractivity contribution is 7.08. The predicted molar refractivity (Wildman–Crippen MR) is 96.1 cm³/mol. The number of nitrogens with zero attached hydrogens (tertiary/aromatic N) is 2. The lowest BCUT2D eigenvalue weighted by Crippen LogP contribution is -2.11. The first-order valence-electron chi connectivity index (χ1n) is 7.39. The normalized spacial score (nSPS) is 10.8. The van der Waals surface area contributed by atoms with Crippen molar-refractivity contribution in [1.82, 2.24) is 9.59 Å². The van der Waals surface area contributed by atoms with Crippen LogP contribution in [-0.2, 0) is 0 Å². The van der Waals surface area contributed by atoms with Crippen LogP contribution in [0.15, 0.2) is 42.5 Å². The zero-order chi connectivity index (χ0) is 18.7. The number of hydrogen-bond acceptors (Lipinski definition) is 5. The number of ether oxygens (including phenoxy) is 1. The van der Waals surface area contributed by atoms with Gasteiger partial charge in [0, 0.05) is 16.3 Å². The van der Waals surface area contributed by atoms with Crippen molar-refractivity contribution in [2.75, 3.05) is 5.32 Å². The SMILES string of the molecule is Cc1nnsc1C(=O)Nc1ccc(-c2cc(Cl)ccc2OC(F)F)cc1. The van der Waals surface area contributed by atoms with Crippen molar-refractivity contribution in [1.29, 1.82) is 0 Å². The third-order valence-electron chi connectivity index (χ3n) is 3.47. The van der Waals surface area contributed by atoms with Gasteiger partial charge in [-0.2, -0.15) is 8.78 Å². The highest BCUT2D eigenvalue weighted by atomic mass is 35.5. The molecule has 0 fully saturated rings. The summed E-state index contributed by atoms with van der Waals surface area (Å²) in [6, 6.07) is 11.1. The summed E-state index contributed by atoms with van der Waals surface area (Å²) in [5.74, 6) is -0.290. The fraction of sp³-hybridized carbons (Fsp3) is 0.118. The van der Waals surface area contributed by atoms with Crippen molar-refractivity contribution >= 4 is 34.7 Å². The first-order valence-corrected chi connectivity index (χ1v) is 8.54. The quantitative estimate of drug-likeness (QED) is 0.658. The largest absolute Gasteiger partial charge is 0.434 e. The number of amides is 1. The zero-order valence-corrected chi connectivity index (χ0v) is 14.9. The minimum Gasteiger partial charge on any atom is -0.434 e. The molecule has 134 valence electrons.